The van der Waals surface area contributed by atoms with Crippen molar-refractivity contribution in [1.82, 2.24) is 4.90 Å². The molecule has 0 amide bonds. The van der Waals surface area contributed by atoms with Crippen LogP contribution in [0, 0.1) is 6.92 Å². The lowest BCUT2D eigenvalue weighted by Crippen LogP contribution is -2.22. The fourth-order valence-electron chi connectivity index (χ4n) is 2.06. The van der Waals surface area contributed by atoms with E-state index in [4.69, 9.17) is 0 Å². The Bertz CT molecular complexity index is 473. The third-order valence-electron chi connectivity index (χ3n) is 2.92. The lowest BCUT2D eigenvalue weighted by molar-refractivity contribution is 0.585. The van der Waals surface area contributed by atoms with Gasteiger partial charge < -0.3 is 4.90 Å². The Morgan fingerprint density at radius 1 is 1.31 bits per heavy atom. The molecule has 2 heterocycles. The molecule has 3 rings (SSSR count). The van der Waals surface area contributed by atoms with Crippen LogP contribution in [0.3, 0.4) is 0 Å². The minimum absolute atomic E-state index is 0.427. The minimum Gasteiger partial charge on any atom is -0.318 e. The van der Waals surface area contributed by atoms with E-state index in [9.17, 15) is 0 Å². The highest BCUT2D eigenvalue weighted by Gasteiger charge is 2.30. The predicted molar refractivity (Wildman–Crippen MR) is 70.4 cm³/mol. The molecule has 0 N–H and O–H groups in total. The van der Waals surface area contributed by atoms with Crippen molar-refractivity contribution >= 4 is 22.6 Å². The molecule has 0 radical (unpaired) electrons. The molecule has 2 nitrogen and oxygen atoms in total. The van der Waals surface area contributed by atoms with Crippen LogP contribution >= 0.6 is 11.8 Å². The number of hydrogen-bond donors (Lipinski definition) is 0. The van der Waals surface area contributed by atoms with Gasteiger partial charge in [-0.25, -0.2) is 0 Å². The van der Waals surface area contributed by atoms with Crippen LogP contribution in [0.25, 0.3) is 5.70 Å². The minimum atomic E-state index is 0.427. The van der Waals surface area contributed by atoms with Gasteiger partial charge in [-0.15, -0.1) is 0 Å². The molecule has 0 saturated carbocycles. The van der Waals surface area contributed by atoms with E-state index < -0.39 is 0 Å². The van der Waals surface area contributed by atoms with Crippen molar-refractivity contribution in [2.75, 3.05) is 6.54 Å². The normalized spacial score (nSPS) is 23.1. The lowest BCUT2D eigenvalue weighted by Gasteiger charge is -2.17. The van der Waals surface area contributed by atoms with Gasteiger partial charge in [-0.3, -0.25) is 4.99 Å². The van der Waals surface area contributed by atoms with E-state index >= 15 is 0 Å². The monoisotopic (exact) mass is 230 g/mol. The number of thioether (sulfide) groups is 1. The molecule has 0 bridgehead atoms. The van der Waals surface area contributed by atoms with Crippen LogP contribution < -0.4 is 0 Å². The van der Waals surface area contributed by atoms with Crippen LogP contribution in [0.1, 0.15) is 18.1 Å². The second-order valence-corrected chi connectivity index (χ2v) is 5.19. The zero-order chi connectivity index (χ0) is 11.1. The zero-order valence-corrected chi connectivity index (χ0v) is 10.3. The van der Waals surface area contributed by atoms with E-state index in [2.05, 4.69) is 53.4 Å². The fraction of sp³-hybridized carbons (Fsp3) is 0.308. The Morgan fingerprint density at radius 3 is 2.81 bits per heavy atom. The highest BCUT2D eigenvalue weighted by molar-refractivity contribution is 8.16. The highest BCUT2D eigenvalue weighted by Crippen LogP contribution is 2.36. The summed E-state index contributed by atoms with van der Waals surface area (Å²) in [6.45, 7) is 5.30. The van der Waals surface area contributed by atoms with Crippen LogP contribution in [-0.2, 0) is 0 Å². The van der Waals surface area contributed by atoms with Crippen molar-refractivity contribution in [3.8, 4) is 0 Å². The molecular weight excluding hydrogens is 216 g/mol. The Hall–Kier alpha value is -1.22. The number of rotatable bonds is 1. The van der Waals surface area contributed by atoms with Crippen LogP contribution in [0.4, 0.5) is 0 Å². The highest BCUT2D eigenvalue weighted by atomic mass is 32.2. The summed E-state index contributed by atoms with van der Waals surface area (Å²) in [4.78, 5) is 6.92. The van der Waals surface area contributed by atoms with Gasteiger partial charge in [0, 0.05) is 12.0 Å². The van der Waals surface area contributed by atoms with Crippen molar-refractivity contribution in [3.05, 3.63) is 40.8 Å². The maximum atomic E-state index is 4.60. The van der Waals surface area contributed by atoms with Gasteiger partial charge in [0.1, 0.15) is 0 Å². The first-order valence-electron chi connectivity index (χ1n) is 5.53. The molecule has 1 unspecified atom stereocenters. The molecule has 2 aliphatic rings. The first kappa shape index (κ1) is 9.97. The quantitative estimate of drug-likeness (QED) is 0.736. The SMILES string of the molecule is Cc1ccc(C2=CSC3=NC(C)CN23)cc1. The summed E-state index contributed by atoms with van der Waals surface area (Å²) >= 11 is 1.74. The van der Waals surface area contributed by atoms with Crippen molar-refractivity contribution in [3.63, 3.8) is 0 Å². The van der Waals surface area contributed by atoms with Crippen molar-refractivity contribution in [1.29, 1.82) is 0 Å². The van der Waals surface area contributed by atoms with Crippen LogP contribution in [0.15, 0.2) is 34.7 Å². The summed E-state index contributed by atoms with van der Waals surface area (Å²) in [5, 5.41) is 3.36. The second-order valence-electron chi connectivity index (χ2n) is 4.36. The summed E-state index contributed by atoms with van der Waals surface area (Å²) in [6.07, 6.45) is 0. The van der Waals surface area contributed by atoms with E-state index in [0.717, 1.165) is 11.7 Å². The number of amidine groups is 1. The van der Waals surface area contributed by atoms with Crippen molar-refractivity contribution < 1.29 is 0 Å². The maximum Gasteiger partial charge on any atom is 0.168 e. The van der Waals surface area contributed by atoms with Gasteiger partial charge in [0.25, 0.3) is 0 Å². The molecule has 1 aromatic carbocycles. The smallest absolute Gasteiger partial charge is 0.168 e. The average molecular weight is 230 g/mol. The molecule has 1 atom stereocenters. The maximum absolute atomic E-state index is 4.60. The van der Waals surface area contributed by atoms with E-state index in [-0.39, 0.29) is 0 Å². The van der Waals surface area contributed by atoms with Gasteiger partial charge >= 0.3 is 0 Å². The Morgan fingerprint density at radius 2 is 2.06 bits per heavy atom. The molecule has 0 aromatic heterocycles. The standard InChI is InChI=1S/C13H14N2S/c1-9-3-5-11(6-4-9)12-8-16-13-14-10(2)7-15(12)13/h3-6,8,10H,7H2,1-2H3. The molecule has 0 fully saturated rings. The van der Waals surface area contributed by atoms with Gasteiger partial charge in [-0.1, -0.05) is 41.6 Å². The van der Waals surface area contributed by atoms with Gasteiger partial charge in [0.05, 0.1) is 11.7 Å². The van der Waals surface area contributed by atoms with Gasteiger partial charge in [-0.2, -0.15) is 0 Å². The van der Waals surface area contributed by atoms with Crippen molar-refractivity contribution in [2.24, 2.45) is 4.99 Å². The predicted octanol–water partition coefficient (Wildman–Crippen LogP) is 3.10. The van der Waals surface area contributed by atoms with Crippen molar-refractivity contribution in [2.45, 2.75) is 19.9 Å². The molecule has 16 heavy (non-hydrogen) atoms. The van der Waals surface area contributed by atoms with Crippen LogP contribution in [0.5, 0.6) is 0 Å². The number of benzene rings is 1. The molecule has 0 aliphatic carbocycles. The fourth-order valence-corrected chi connectivity index (χ4v) is 3.08. The lowest BCUT2D eigenvalue weighted by atomic mass is 10.1. The zero-order valence-electron chi connectivity index (χ0n) is 9.47. The summed E-state index contributed by atoms with van der Waals surface area (Å²) in [5.74, 6) is 0. The average Bonchev–Trinajstić information content (AvgIpc) is 2.78. The second kappa shape index (κ2) is 3.67. The third kappa shape index (κ3) is 1.55. The first-order valence-corrected chi connectivity index (χ1v) is 6.41. The molecular formula is C13H14N2S. The molecule has 0 spiro atoms. The molecule has 0 saturated heterocycles. The van der Waals surface area contributed by atoms with E-state index in [1.165, 1.54) is 16.8 Å². The Balaban J connectivity index is 1.92. The van der Waals surface area contributed by atoms with E-state index in [0.29, 0.717) is 6.04 Å². The van der Waals surface area contributed by atoms with E-state index in [1.807, 2.05) is 0 Å². The van der Waals surface area contributed by atoms with E-state index in [1.54, 1.807) is 11.8 Å². The first-order chi connectivity index (χ1) is 7.74. The number of aliphatic imine (C=N–C) groups is 1. The van der Waals surface area contributed by atoms with Gasteiger partial charge in [0.2, 0.25) is 0 Å². The van der Waals surface area contributed by atoms with Crippen LogP contribution in [-0.4, -0.2) is 22.7 Å². The van der Waals surface area contributed by atoms with Crippen LogP contribution in [0.2, 0.25) is 0 Å². The summed E-state index contributed by atoms with van der Waals surface area (Å²) in [7, 11) is 0. The topological polar surface area (TPSA) is 15.6 Å². The molecule has 1 aromatic rings. The number of fused-ring (bicyclic) bond motifs is 1. The molecule has 82 valence electrons. The number of aryl methyl sites for hydroxylation is 1. The Kier molecular flexibility index (Phi) is 2.28. The number of hydrogen-bond acceptors (Lipinski definition) is 3. The number of nitrogens with zero attached hydrogens (tertiary/aromatic N) is 2. The summed E-state index contributed by atoms with van der Waals surface area (Å²) < 4.78 is 0. The Labute approximate surface area is 100 Å². The largest absolute Gasteiger partial charge is 0.318 e. The van der Waals surface area contributed by atoms with Gasteiger partial charge in [0.15, 0.2) is 5.17 Å². The molecule has 3 heteroatoms. The summed E-state index contributed by atoms with van der Waals surface area (Å²) in [5.41, 5.74) is 3.89. The molecule has 2 aliphatic heterocycles. The van der Waals surface area contributed by atoms with Gasteiger partial charge in [-0.05, 0) is 19.4 Å². The summed E-state index contributed by atoms with van der Waals surface area (Å²) in [6, 6.07) is 9.13. The third-order valence-corrected chi connectivity index (χ3v) is 3.80.